The zero-order chi connectivity index (χ0) is 34.0. The molecule has 1 aliphatic heterocycles. The van der Waals surface area contributed by atoms with Crippen LogP contribution in [0.2, 0.25) is 0 Å². The fourth-order valence-electron chi connectivity index (χ4n) is 5.65. The molecule has 48 heavy (non-hydrogen) atoms. The van der Waals surface area contributed by atoms with E-state index in [2.05, 4.69) is 30.2 Å². The summed E-state index contributed by atoms with van der Waals surface area (Å²) < 4.78 is 68.6. The van der Waals surface area contributed by atoms with E-state index < -0.39 is 35.8 Å². The van der Waals surface area contributed by atoms with Crippen LogP contribution in [0.5, 0.6) is 11.5 Å². The van der Waals surface area contributed by atoms with Crippen molar-refractivity contribution in [3.05, 3.63) is 78.8 Å². The number of hydrogen-bond acceptors (Lipinski definition) is 11. The number of carbonyl (C=O) groups excluding carboxylic acids is 1. The number of nitrogens with one attached hydrogen (secondary N) is 1. The van der Waals surface area contributed by atoms with Gasteiger partial charge in [0, 0.05) is 30.9 Å². The number of amides is 1. The van der Waals surface area contributed by atoms with Crippen molar-refractivity contribution >= 4 is 28.8 Å². The molecule has 0 unspecified atom stereocenters. The number of alkyl halides is 2. The van der Waals surface area contributed by atoms with Gasteiger partial charge in [0.2, 0.25) is 0 Å². The Morgan fingerprint density at radius 1 is 1.15 bits per heavy atom. The van der Waals surface area contributed by atoms with Crippen LogP contribution in [0.15, 0.2) is 61.6 Å². The summed E-state index contributed by atoms with van der Waals surface area (Å²) in [6.07, 6.45) is 1.56. The normalized spacial score (nSPS) is 17.0. The van der Waals surface area contributed by atoms with E-state index in [9.17, 15) is 23.1 Å². The molecule has 1 saturated heterocycles. The number of benzene rings is 1. The van der Waals surface area contributed by atoms with E-state index in [4.69, 9.17) is 15.2 Å². The second kappa shape index (κ2) is 13.4. The van der Waals surface area contributed by atoms with Crippen LogP contribution >= 0.6 is 0 Å². The van der Waals surface area contributed by atoms with E-state index in [1.165, 1.54) is 44.4 Å². The molecule has 6 rings (SSSR count). The molecule has 1 amide bonds. The number of hydrogen-bond donors (Lipinski definition) is 3. The van der Waals surface area contributed by atoms with Crippen molar-refractivity contribution in [3.63, 3.8) is 0 Å². The lowest BCUT2D eigenvalue weighted by Crippen LogP contribution is -2.63. The Kier molecular flexibility index (Phi) is 9.05. The first-order valence-corrected chi connectivity index (χ1v) is 14.6. The second-order valence-corrected chi connectivity index (χ2v) is 11.2. The van der Waals surface area contributed by atoms with E-state index in [0.717, 1.165) is 12.1 Å². The number of methoxy groups -OCH3 is 1. The lowest BCUT2D eigenvalue weighted by molar-refractivity contribution is -0.0529. The van der Waals surface area contributed by atoms with Crippen molar-refractivity contribution in [2.45, 2.75) is 37.5 Å². The highest BCUT2D eigenvalue weighted by Gasteiger charge is 2.43. The van der Waals surface area contributed by atoms with E-state index in [1.807, 2.05) is 0 Å². The predicted molar refractivity (Wildman–Crippen MR) is 165 cm³/mol. The van der Waals surface area contributed by atoms with Gasteiger partial charge in [0.15, 0.2) is 34.3 Å². The molecule has 0 radical (unpaired) electrons. The number of aromatic nitrogens is 6. The van der Waals surface area contributed by atoms with Crippen LogP contribution in [0.3, 0.4) is 0 Å². The van der Waals surface area contributed by atoms with Crippen molar-refractivity contribution in [2.75, 3.05) is 30.4 Å². The Labute approximate surface area is 270 Å². The Hall–Kier alpha value is -5.42. The molecule has 17 heteroatoms. The fourth-order valence-corrected chi connectivity index (χ4v) is 5.65. The number of pyridine rings is 2. The summed E-state index contributed by atoms with van der Waals surface area (Å²) in [5, 5.41) is 12.8. The van der Waals surface area contributed by atoms with Crippen molar-refractivity contribution < 1.29 is 36.9 Å². The van der Waals surface area contributed by atoms with E-state index in [-0.39, 0.29) is 53.6 Å². The maximum absolute atomic E-state index is 15.1. The van der Waals surface area contributed by atoms with Crippen LogP contribution in [0, 0.1) is 11.6 Å². The van der Waals surface area contributed by atoms with Crippen LogP contribution in [-0.2, 0) is 6.54 Å². The number of imidazole rings is 1. The molecule has 5 heterocycles. The van der Waals surface area contributed by atoms with Crippen molar-refractivity contribution in [3.8, 4) is 22.8 Å². The van der Waals surface area contributed by atoms with Gasteiger partial charge < -0.3 is 29.8 Å². The molecule has 0 saturated carbocycles. The average Bonchev–Trinajstić information content (AvgIpc) is 3.49. The maximum Gasteiger partial charge on any atom is 0.418 e. The standard InChI is InChI=1S/C31H29F4N9O4/c1-47-24-10-20(32)19(9-21(24)33)22-8-17(23(12-38-22)43-7-3-5-31(36,14-43)26(45)27(34)35)13-44-16-41-25-28(39-15-40-29(25)44)42-30(46)48-18-4-2-6-37-11-18/h2,4,6,8-12,15-16,26-27,45H,3,5,7,13-14,36H2,1H3,(H,39,40,42,46)/t26-,31-/m1/s1. The van der Waals surface area contributed by atoms with Gasteiger partial charge in [-0.05, 0) is 42.7 Å². The third-order valence-corrected chi connectivity index (χ3v) is 8.01. The first-order chi connectivity index (χ1) is 23.1. The molecular weight excluding hydrogens is 638 g/mol. The van der Waals surface area contributed by atoms with Gasteiger partial charge in [-0.2, -0.15) is 0 Å². The number of rotatable bonds is 9. The van der Waals surface area contributed by atoms with Crippen LogP contribution in [-0.4, -0.2) is 79.0 Å². The first-order valence-electron chi connectivity index (χ1n) is 14.6. The lowest BCUT2D eigenvalue weighted by atomic mass is 9.84. The van der Waals surface area contributed by atoms with Crippen LogP contribution < -0.4 is 25.4 Å². The number of ether oxygens (including phenoxy) is 2. The smallest absolute Gasteiger partial charge is 0.418 e. The monoisotopic (exact) mass is 667 g/mol. The molecule has 4 aromatic heterocycles. The number of carbonyl (C=O) groups is 1. The predicted octanol–water partition coefficient (Wildman–Crippen LogP) is 4.15. The molecule has 2 atom stereocenters. The summed E-state index contributed by atoms with van der Waals surface area (Å²) >= 11 is 0. The summed E-state index contributed by atoms with van der Waals surface area (Å²) in [7, 11) is 1.22. The molecule has 250 valence electrons. The minimum absolute atomic E-state index is 0.0314. The fraction of sp³-hybridized carbons (Fsp3) is 0.290. The zero-order valence-corrected chi connectivity index (χ0v) is 25.4. The summed E-state index contributed by atoms with van der Waals surface area (Å²) in [4.78, 5) is 35.4. The van der Waals surface area contributed by atoms with E-state index in [1.54, 1.807) is 21.6 Å². The molecule has 1 aliphatic rings. The number of anilines is 2. The van der Waals surface area contributed by atoms with Gasteiger partial charge in [-0.15, -0.1) is 0 Å². The van der Waals surface area contributed by atoms with Crippen molar-refractivity contribution in [1.82, 2.24) is 29.5 Å². The van der Waals surface area contributed by atoms with Crippen LogP contribution in [0.1, 0.15) is 18.4 Å². The summed E-state index contributed by atoms with van der Waals surface area (Å²) in [5.74, 6) is -1.60. The Morgan fingerprint density at radius 3 is 2.73 bits per heavy atom. The molecule has 0 spiro atoms. The SMILES string of the molecule is COc1cc(F)c(-c2cc(Cn3cnc4c(NC(=O)Oc5cccnc5)ncnc43)c(N3CCC[C@](N)([C@H](O)C(F)F)C3)cn2)cc1F. The molecule has 0 aliphatic carbocycles. The Balaban J connectivity index is 1.37. The first kappa shape index (κ1) is 32.5. The van der Waals surface area contributed by atoms with Gasteiger partial charge in [-0.1, -0.05) is 0 Å². The van der Waals surface area contributed by atoms with Crippen LogP contribution in [0.4, 0.5) is 33.9 Å². The van der Waals surface area contributed by atoms with Crippen molar-refractivity contribution in [2.24, 2.45) is 5.73 Å². The number of nitrogens with two attached hydrogens (primary N) is 1. The molecule has 13 nitrogen and oxygen atoms in total. The van der Waals surface area contributed by atoms with E-state index in [0.29, 0.717) is 29.9 Å². The maximum atomic E-state index is 15.1. The van der Waals surface area contributed by atoms with Crippen LogP contribution in [0.25, 0.3) is 22.4 Å². The highest BCUT2D eigenvalue weighted by atomic mass is 19.3. The molecule has 5 aromatic rings. The largest absolute Gasteiger partial charge is 0.494 e. The third kappa shape index (κ3) is 6.54. The number of aliphatic hydroxyl groups excluding tert-OH is 1. The third-order valence-electron chi connectivity index (χ3n) is 8.01. The van der Waals surface area contributed by atoms with Gasteiger partial charge in [0.25, 0.3) is 6.43 Å². The summed E-state index contributed by atoms with van der Waals surface area (Å²) in [5.41, 5.74) is 6.10. The molecular formula is C31H29F4N9O4. The summed E-state index contributed by atoms with van der Waals surface area (Å²) in [6.45, 7) is 0.302. The molecule has 1 fully saturated rings. The number of halogens is 4. The van der Waals surface area contributed by atoms with E-state index >= 15 is 4.39 Å². The summed E-state index contributed by atoms with van der Waals surface area (Å²) in [6, 6.07) is 6.56. The molecule has 1 aromatic carbocycles. The zero-order valence-electron chi connectivity index (χ0n) is 25.4. The highest BCUT2D eigenvalue weighted by Crippen LogP contribution is 2.35. The molecule has 0 bridgehead atoms. The van der Waals surface area contributed by atoms with Gasteiger partial charge in [0.1, 0.15) is 18.2 Å². The quantitative estimate of drug-likeness (QED) is 0.193. The Morgan fingerprint density at radius 2 is 1.98 bits per heavy atom. The Bertz CT molecular complexity index is 1950. The van der Waals surface area contributed by atoms with Crippen molar-refractivity contribution in [1.29, 1.82) is 0 Å². The average molecular weight is 668 g/mol. The lowest BCUT2D eigenvalue weighted by Gasteiger charge is -2.44. The topological polar surface area (TPSA) is 166 Å². The number of piperidine rings is 1. The molecule has 4 N–H and O–H groups in total. The van der Waals surface area contributed by atoms with Gasteiger partial charge in [-0.3, -0.25) is 15.3 Å². The highest BCUT2D eigenvalue weighted by molar-refractivity contribution is 5.94. The van der Waals surface area contributed by atoms with Gasteiger partial charge >= 0.3 is 6.09 Å². The number of aliphatic hydroxyl groups is 1. The second-order valence-electron chi connectivity index (χ2n) is 11.2. The number of nitrogens with zero attached hydrogens (tertiary/aromatic N) is 7. The number of fused-ring (bicyclic) bond motifs is 1. The van der Waals surface area contributed by atoms with Gasteiger partial charge in [0.05, 0.1) is 49.3 Å². The van der Waals surface area contributed by atoms with Gasteiger partial charge in [-0.25, -0.2) is 37.3 Å². The minimum Gasteiger partial charge on any atom is -0.494 e. The minimum atomic E-state index is -3.05.